The number of anilines is 2. The molecule has 2 aliphatic rings. The maximum absolute atomic E-state index is 12.7. The molecule has 4 rings (SSSR count). The van der Waals surface area contributed by atoms with Gasteiger partial charge in [-0.25, -0.2) is 0 Å². The average molecular weight is 425 g/mol. The van der Waals surface area contributed by atoms with E-state index in [0.717, 1.165) is 32.2 Å². The Bertz CT molecular complexity index is 951. The van der Waals surface area contributed by atoms with Gasteiger partial charge in [0.15, 0.2) is 0 Å². The first-order chi connectivity index (χ1) is 15.0. The highest BCUT2D eigenvalue weighted by Gasteiger charge is 2.36. The van der Waals surface area contributed by atoms with Crippen molar-refractivity contribution >= 4 is 29.1 Å². The number of nitrogens with zero attached hydrogens (tertiary/aromatic N) is 3. The lowest BCUT2D eigenvalue weighted by molar-refractivity contribution is -0.135. The Hall–Kier alpha value is -3.36. The number of carbonyl (C=O) groups is 3. The van der Waals surface area contributed by atoms with Crippen molar-refractivity contribution in [2.45, 2.75) is 32.2 Å². The van der Waals surface area contributed by atoms with E-state index in [-0.39, 0.29) is 36.1 Å². The van der Waals surface area contributed by atoms with Crippen molar-refractivity contribution in [3.8, 4) is 5.75 Å². The number of carbonyl (C=O) groups excluding carboxylic acids is 3. The monoisotopic (exact) mass is 425 g/mol. The lowest BCUT2D eigenvalue weighted by Gasteiger charge is -2.32. The van der Waals surface area contributed by atoms with E-state index < -0.39 is 0 Å². The number of nitrogens with one attached hydrogen (secondary N) is 2. The first-order valence-electron chi connectivity index (χ1n) is 10.6. The van der Waals surface area contributed by atoms with Gasteiger partial charge in [0.1, 0.15) is 12.3 Å². The summed E-state index contributed by atoms with van der Waals surface area (Å²) >= 11 is 0. The van der Waals surface area contributed by atoms with E-state index in [9.17, 15) is 14.4 Å². The van der Waals surface area contributed by atoms with E-state index in [2.05, 4.69) is 15.7 Å². The molecule has 164 valence electrons. The van der Waals surface area contributed by atoms with Gasteiger partial charge in [-0.1, -0.05) is 0 Å². The topological polar surface area (TPSA) is 106 Å². The third-order valence-corrected chi connectivity index (χ3v) is 5.61. The van der Waals surface area contributed by atoms with Gasteiger partial charge in [0.05, 0.1) is 24.9 Å². The SMILES string of the molecule is COc1ccc(NC(=O)Cn2cc(NC(=O)C3CCCN(C(=O)C4CC4)C3)cn2)cc1. The van der Waals surface area contributed by atoms with Crippen LogP contribution in [0, 0.1) is 11.8 Å². The third-order valence-electron chi connectivity index (χ3n) is 5.61. The Morgan fingerprint density at radius 2 is 1.84 bits per heavy atom. The van der Waals surface area contributed by atoms with Crippen LogP contribution in [0.1, 0.15) is 25.7 Å². The van der Waals surface area contributed by atoms with E-state index in [1.165, 1.54) is 10.9 Å². The van der Waals surface area contributed by atoms with Crippen molar-refractivity contribution in [3.63, 3.8) is 0 Å². The second kappa shape index (κ2) is 9.20. The number of aromatic nitrogens is 2. The highest BCUT2D eigenvalue weighted by Crippen LogP contribution is 2.32. The van der Waals surface area contributed by atoms with Gasteiger partial charge >= 0.3 is 0 Å². The van der Waals surface area contributed by atoms with Gasteiger partial charge < -0.3 is 20.3 Å². The number of piperidine rings is 1. The van der Waals surface area contributed by atoms with Crippen LogP contribution in [0.15, 0.2) is 36.7 Å². The van der Waals surface area contributed by atoms with Crippen molar-refractivity contribution in [1.82, 2.24) is 14.7 Å². The zero-order chi connectivity index (χ0) is 21.8. The maximum Gasteiger partial charge on any atom is 0.246 e. The van der Waals surface area contributed by atoms with Crippen LogP contribution in [0.5, 0.6) is 5.75 Å². The molecule has 1 aliphatic heterocycles. The van der Waals surface area contributed by atoms with Crippen molar-refractivity contribution in [1.29, 1.82) is 0 Å². The summed E-state index contributed by atoms with van der Waals surface area (Å²) in [4.78, 5) is 39.0. The molecule has 1 atom stereocenters. The minimum absolute atomic E-state index is 0.0228. The van der Waals surface area contributed by atoms with Crippen LogP contribution in [-0.2, 0) is 20.9 Å². The van der Waals surface area contributed by atoms with Gasteiger partial charge in [-0.3, -0.25) is 19.1 Å². The summed E-state index contributed by atoms with van der Waals surface area (Å²) in [6.07, 6.45) is 6.69. The van der Waals surface area contributed by atoms with E-state index in [0.29, 0.717) is 23.7 Å². The molecule has 1 aromatic heterocycles. The number of hydrogen-bond acceptors (Lipinski definition) is 5. The number of benzene rings is 1. The molecule has 2 heterocycles. The second-order valence-corrected chi connectivity index (χ2v) is 8.09. The third kappa shape index (κ3) is 5.42. The fourth-order valence-corrected chi connectivity index (χ4v) is 3.76. The molecule has 1 aromatic carbocycles. The predicted molar refractivity (Wildman–Crippen MR) is 115 cm³/mol. The van der Waals surface area contributed by atoms with Crippen molar-refractivity contribution in [2.24, 2.45) is 11.8 Å². The molecule has 0 spiro atoms. The molecule has 2 N–H and O–H groups in total. The molecule has 1 unspecified atom stereocenters. The van der Waals surface area contributed by atoms with Crippen LogP contribution in [0.4, 0.5) is 11.4 Å². The quantitative estimate of drug-likeness (QED) is 0.707. The molecule has 0 radical (unpaired) electrons. The number of amides is 3. The molecule has 1 saturated heterocycles. The fraction of sp³-hybridized carbons (Fsp3) is 0.455. The Morgan fingerprint density at radius 1 is 1.06 bits per heavy atom. The lowest BCUT2D eigenvalue weighted by atomic mass is 9.96. The number of rotatable bonds is 7. The van der Waals surface area contributed by atoms with E-state index in [1.807, 2.05) is 4.90 Å². The van der Waals surface area contributed by atoms with E-state index in [1.54, 1.807) is 37.6 Å². The molecule has 2 aromatic rings. The Labute approximate surface area is 180 Å². The van der Waals surface area contributed by atoms with Gasteiger partial charge in [-0.05, 0) is 49.9 Å². The molecule has 9 heteroatoms. The molecule has 2 fully saturated rings. The summed E-state index contributed by atoms with van der Waals surface area (Å²) in [6, 6.07) is 7.04. The average Bonchev–Trinajstić information content (AvgIpc) is 3.55. The van der Waals surface area contributed by atoms with Crippen LogP contribution < -0.4 is 15.4 Å². The largest absolute Gasteiger partial charge is 0.497 e. The number of hydrogen-bond donors (Lipinski definition) is 2. The van der Waals surface area contributed by atoms with Gasteiger partial charge in [0.25, 0.3) is 0 Å². The summed E-state index contributed by atoms with van der Waals surface area (Å²) in [7, 11) is 1.58. The molecule has 1 saturated carbocycles. The summed E-state index contributed by atoms with van der Waals surface area (Å²) < 4.78 is 6.57. The molecule has 0 bridgehead atoms. The van der Waals surface area contributed by atoms with Crippen molar-refractivity contribution < 1.29 is 19.1 Å². The zero-order valence-corrected chi connectivity index (χ0v) is 17.5. The van der Waals surface area contributed by atoms with Crippen LogP contribution in [0.25, 0.3) is 0 Å². The molecule has 31 heavy (non-hydrogen) atoms. The summed E-state index contributed by atoms with van der Waals surface area (Å²) in [5.74, 6) is 0.502. The maximum atomic E-state index is 12.7. The highest BCUT2D eigenvalue weighted by molar-refractivity contribution is 5.93. The van der Waals surface area contributed by atoms with Gasteiger partial charge in [0.2, 0.25) is 17.7 Å². The molecular weight excluding hydrogens is 398 g/mol. The van der Waals surface area contributed by atoms with Crippen LogP contribution >= 0.6 is 0 Å². The summed E-state index contributed by atoms with van der Waals surface area (Å²) in [5.41, 5.74) is 1.20. The van der Waals surface area contributed by atoms with Crippen LogP contribution in [0.2, 0.25) is 0 Å². The van der Waals surface area contributed by atoms with E-state index in [4.69, 9.17) is 4.74 Å². The minimum atomic E-state index is -0.229. The number of likely N-dealkylation sites (tertiary alicyclic amines) is 1. The zero-order valence-electron chi connectivity index (χ0n) is 17.5. The standard InChI is InChI=1S/C22H27N5O4/c1-31-19-8-6-17(7-9-19)24-20(28)14-27-13-18(11-23-27)25-21(29)16-3-2-10-26(12-16)22(30)15-4-5-15/h6-9,11,13,15-16H,2-5,10,12,14H2,1H3,(H,24,28)(H,25,29). The predicted octanol–water partition coefficient (Wildman–Crippen LogP) is 2.12. The lowest BCUT2D eigenvalue weighted by Crippen LogP contribution is -2.44. The summed E-state index contributed by atoms with van der Waals surface area (Å²) in [5, 5.41) is 9.81. The number of ether oxygens (including phenoxy) is 1. The molecule has 9 nitrogen and oxygen atoms in total. The van der Waals surface area contributed by atoms with Gasteiger partial charge in [0, 0.05) is 30.9 Å². The Kier molecular flexibility index (Phi) is 6.20. The van der Waals surface area contributed by atoms with Crippen LogP contribution in [-0.4, -0.2) is 52.6 Å². The molecular formula is C22H27N5O4. The highest BCUT2D eigenvalue weighted by atomic mass is 16.5. The van der Waals surface area contributed by atoms with Crippen molar-refractivity contribution in [2.75, 3.05) is 30.8 Å². The minimum Gasteiger partial charge on any atom is -0.497 e. The second-order valence-electron chi connectivity index (χ2n) is 8.09. The van der Waals surface area contributed by atoms with Gasteiger partial charge in [-0.15, -0.1) is 0 Å². The first kappa shape index (κ1) is 20.9. The van der Waals surface area contributed by atoms with E-state index >= 15 is 0 Å². The van der Waals surface area contributed by atoms with Gasteiger partial charge in [-0.2, -0.15) is 5.10 Å². The van der Waals surface area contributed by atoms with Crippen LogP contribution in [0.3, 0.4) is 0 Å². The normalized spacial score (nSPS) is 18.4. The molecule has 3 amide bonds. The summed E-state index contributed by atoms with van der Waals surface area (Å²) in [6.45, 7) is 1.23. The van der Waals surface area contributed by atoms with Crippen molar-refractivity contribution in [3.05, 3.63) is 36.7 Å². The first-order valence-corrected chi connectivity index (χ1v) is 10.6. The number of methoxy groups -OCH3 is 1. The smallest absolute Gasteiger partial charge is 0.246 e. The Balaban J connectivity index is 1.27. The molecule has 1 aliphatic carbocycles. The Morgan fingerprint density at radius 3 is 2.55 bits per heavy atom. The fourth-order valence-electron chi connectivity index (χ4n) is 3.76.